The number of anilines is 2. The topological polar surface area (TPSA) is 99.0 Å². The predicted octanol–water partition coefficient (Wildman–Crippen LogP) is 1.02. The molecule has 0 aliphatic heterocycles. The van der Waals surface area contributed by atoms with Gasteiger partial charge in [0.2, 0.25) is 0 Å². The van der Waals surface area contributed by atoms with Crippen LogP contribution in [0.2, 0.25) is 0 Å². The number of hydrogen-bond acceptors (Lipinski definition) is 4. The molecule has 1 aromatic carbocycles. The fraction of sp³-hybridized carbons (Fsp3) is 0.231. The number of nitrogens with two attached hydrogens (primary N) is 2. The lowest BCUT2D eigenvalue weighted by molar-refractivity contribution is 0.100. The average molecular weight is 259 g/mol. The van der Waals surface area contributed by atoms with Crippen molar-refractivity contribution in [2.24, 2.45) is 12.8 Å². The molecule has 6 nitrogen and oxygen atoms in total. The van der Waals surface area contributed by atoms with Crippen LogP contribution in [0.1, 0.15) is 21.5 Å². The minimum Gasteiger partial charge on any atom is -0.384 e. The van der Waals surface area contributed by atoms with Crippen molar-refractivity contribution in [3.63, 3.8) is 0 Å². The normalized spacial score (nSPS) is 10.4. The Morgan fingerprint density at radius 2 is 2.21 bits per heavy atom. The number of benzene rings is 1. The molecule has 0 aliphatic rings. The van der Waals surface area contributed by atoms with Gasteiger partial charge in [0.15, 0.2) is 0 Å². The van der Waals surface area contributed by atoms with Crippen molar-refractivity contribution in [3.8, 4) is 0 Å². The molecule has 0 radical (unpaired) electrons. The van der Waals surface area contributed by atoms with Gasteiger partial charge in [-0.05, 0) is 24.6 Å². The smallest absolute Gasteiger partial charge is 0.250 e. The van der Waals surface area contributed by atoms with Crippen LogP contribution in [-0.2, 0) is 13.6 Å². The first-order valence-electron chi connectivity index (χ1n) is 5.89. The minimum atomic E-state index is -0.457. The van der Waals surface area contributed by atoms with Crippen LogP contribution in [0.4, 0.5) is 11.5 Å². The van der Waals surface area contributed by atoms with E-state index >= 15 is 0 Å². The van der Waals surface area contributed by atoms with E-state index in [1.54, 1.807) is 24.0 Å². The van der Waals surface area contributed by atoms with Crippen LogP contribution in [0.5, 0.6) is 0 Å². The number of nitrogen functional groups attached to an aromatic ring is 1. The van der Waals surface area contributed by atoms with E-state index < -0.39 is 5.91 Å². The van der Waals surface area contributed by atoms with Gasteiger partial charge in [-0.25, -0.2) is 0 Å². The van der Waals surface area contributed by atoms with Gasteiger partial charge in [-0.3, -0.25) is 9.48 Å². The molecule has 0 bridgehead atoms. The number of aromatic nitrogens is 2. The number of carbonyl (C=O) groups is 1. The second kappa shape index (κ2) is 5.01. The Kier molecular flexibility index (Phi) is 3.41. The van der Waals surface area contributed by atoms with Crippen molar-refractivity contribution in [2.45, 2.75) is 13.5 Å². The fourth-order valence-corrected chi connectivity index (χ4v) is 1.84. The second-order valence-electron chi connectivity index (χ2n) is 4.45. The van der Waals surface area contributed by atoms with Gasteiger partial charge in [0, 0.05) is 24.8 Å². The molecule has 1 aromatic heterocycles. The molecule has 0 spiro atoms. The summed E-state index contributed by atoms with van der Waals surface area (Å²) < 4.78 is 1.60. The van der Waals surface area contributed by atoms with Gasteiger partial charge in [0.05, 0.1) is 11.8 Å². The summed E-state index contributed by atoms with van der Waals surface area (Å²) in [5.41, 5.74) is 14.3. The van der Waals surface area contributed by atoms with E-state index in [1.807, 2.05) is 19.1 Å². The van der Waals surface area contributed by atoms with E-state index in [4.69, 9.17) is 11.5 Å². The number of aryl methyl sites for hydroxylation is 2. The molecule has 1 amide bonds. The Morgan fingerprint density at radius 1 is 1.47 bits per heavy atom. The van der Waals surface area contributed by atoms with Gasteiger partial charge in [-0.1, -0.05) is 6.07 Å². The van der Waals surface area contributed by atoms with Crippen molar-refractivity contribution in [1.29, 1.82) is 0 Å². The first-order valence-corrected chi connectivity index (χ1v) is 5.89. The monoisotopic (exact) mass is 259 g/mol. The molecule has 19 heavy (non-hydrogen) atoms. The zero-order valence-corrected chi connectivity index (χ0v) is 11.0. The molecule has 6 heteroatoms. The molecule has 0 saturated carbocycles. The van der Waals surface area contributed by atoms with Crippen LogP contribution in [-0.4, -0.2) is 15.7 Å². The van der Waals surface area contributed by atoms with E-state index in [9.17, 15) is 4.79 Å². The maximum atomic E-state index is 11.4. The van der Waals surface area contributed by atoms with E-state index in [-0.39, 0.29) is 0 Å². The maximum absolute atomic E-state index is 11.4. The largest absolute Gasteiger partial charge is 0.384 e. The highest BCUT2D eigenvalue weighted by Crippen LogP contribution is 2.19. The van der Waals surface area contributed by atoms with Gasteiger partial charge in [0.25, 0.3) is 5.91 Å². The molecule has 100 valence electrons. The fourth-order valence-electron chi connectivity index (χ4n) is 1.84. The van der Waals surface area contributed by atoms with Crippen LogP contribution >= 0.6 is 0 Å². The summed E-state index contributed by atoms with van der Waals surface area (Å²) in [6.45, 7) is 2.44. The number of hydrogen-bond donors (Lipinski definition) is 3. The van der Waals surface area contributed by atoms with E-state index in [2.05, 4.69) is 10.4 Å². The zero-order valence-electron chi connectivity index (χ0n) is 11.0. The Labute approximate surface area is 111 Å². The lowest BCUT2D eigenvalue weighted by atomic mass is 10.1. The van der Waals surface area contributed by atoms with E-state index in [0.29, 0.717) is 23.6 Å². The molecule has 0 aliphatic carbocycles. The molecule has 0 saturated heterocycles. The highest BCUT2D eigenvalue weighted by molar-refractivity contribution is 5.98. The SMILES string of the molecule is Cc1ccc(C(N)=O)c(NCc2cnn(C)c2N)c1. The van der Waals surface area contributed by atoms with Gasteiger partial charge >= 0.3 is 0 Å². The molecular weight excluding hydrogens is 242 g/mol. The van der Waals surface area contributed by atoms with E-state index in [0.717, 1.165) is 11.1 Å². The highest BCUT2D eigenvalue weighted by Gasteiger charge is 2.09. The number of carbonyl (C=O) groups excluding carboxylic acids is 1. The predicted molar refractivity (Wildman–Crippen MR) is 74.6 cm³/mol. The summed E-state index contributed by atoms with van der Waals surface area (Å²) >= 11 is 0. The third-order valence-corrected chi connectivity index (χ3v) is 2.97. The van der Waals surface area contributed by atoms with Gasteiger partial charge < -0.3 is 16.8 Å². The maximum Gasteiger partial charge on any atom is 0.250 e. The lowest BCUT2D eigenvalue weighted by Gasteiger charge is -2.10. The quantitative estimate of drug-likeness (QED) is 0.763. The third kappa shape index (κ3) is 2.67. The summed E-state index contributed by atoms with van der Waals surface area (Å²) in [5, 5.41) is 7.24. The first kappa shape index (κ1) is 12.9. The number of amides is 1. The molecule has 0 unspecified atom stereocenters. The standard InChI is InChI=1S/C13H17N5O/c1-8-3-4-10(13(15)19)11(5-8)16-6-9-7-17-18(2)12(9)14/h3-5,7,16H,6,14H2,1-2H3,(H2,15,19). The Bertz CT molecular complexity index is 617. The van der Waals surface area contributed by atoms with Crippen molar-refractivity contribution in [1.82, 2.24) is 9.78 Å². The van der Waals surface area contributed by atoms with Crippen LogP contribution in [0.15, 0.2) is 24.4 Å². The lowest BCUT2D eigenvalue weighted by Crippen LogP contribution is -2.14. The van der Waals surface area contributed by atoms with Gasteiger partial charge in [-0.2, -0.15) is 5.10 Å². The number of rotatable bonds is 4. The molecule has 2 rings (SSSR count). The molecule has 5 N–H and O–H groups in total. The summed E-state index contributed by atoms with van der Waals surface area (Å²) in [7, 11) is 1.78. The van der Waals surface area contributed by atoms with Crippen molar-refractivity contribution >= 4 is 17.4 Å². The number of primary amides is 1. The van der Waals surface area contributed by atoms with Crippen LogP contribution in [0.25, 0.3) is 0 Å². The van der Waals surface area contributed by atoms with Crippen molar-refractivity contribution < 1.29 is 4.79 Å². The molecule has 1 heterocycles. The molecule has 0 atom stereocenters. The first-order chi connectivity index (χ1) is 8.99. The van der Waals surface area contributed by atoms with Crippen LogP contribution in [0, 0.1) is 6.92 Å². The zero-order chi connectivity index (χ0) is 14.0. The highest BCUT2D eigenvalue weighted by atomic mass is 16.1. The summed E-state index contributed by atoms with van der Waals surface area (Å²) in [6.07, 6.45) is 1.70. The second-order valence-corrected chi connectivity index (χ2v) is 4.45. The molecular formula is C13H17N5O. The number of nitrogens with one attached hydrogen (secondary N) is 1. The summed E-state index contributed by atoms with van der Waals surface area (Å²) in [6, 6.07) is 5.45. The Balaban J connectivity index is 2.21. The third-order valence-electron chi connectivity index (χ3n) is 2.97. The van der Waals surface area contributed by atoms with Gasteiger partial charge in [-0.15, -0.1) is 0 Å². The minimum absolute atomic E-state index is 0.457. The van der Waals surface area contributed by atoms with Crippen molar-refractivity contribution in [3.05, 3.63) is 41.1 Å². The number of nitrogens with zero attached hydrogens (tertiary/aromatic N) is 2. The van der Waals surface area contributed by atoms with Crippen molar-refractivity contribution in [2.75, 3.05) is 11.1 Å². The summed E-state index contributed by atoms with van der Waals surface area (Å²) in [5.74, 6) is 0.141. The van der Waals surface area contributed by atoms with E-state index in [1.165, 1.54) is 0 Å². The van der Waals surface area contributed by atoms with Gasteiger partial charge in [0.1, 0.15) is 5.82 Å². The Hall–Kier alpha value is -2.50. The average Bonchev–Trinajstić information content (AvgIpc) is 2.67. The molecule has 0 fully saturated rings. The molecule has 2 aromatic rings. The van der Waals surface area contributed by atoms with Crippen LogP contribution < -0.4 is 16.8 Å². The Morgan fingerprint density at radius 3 is 2.79 bits per heavy atom. The summed E-state index contributed by atoms with van der Waals surface area (Å²) in [4.78, 5) is 11.4. The van der Waals surface area contributed by atoms with Crippen LogP contribution in [0.3, 0.4) is 0 Å².